The Morgan fingerprint density at radius 2 is 1.67 bits per heavy atom. The topological polar surface area (TPSA) is 71.4 Å². The lowest BCUT2D eigenvalue weighted by atomic mass is 9.71. The quantitative estimate of drug-likeness (QED) is 0.597. The SMILES string of the molecule is N#Cc1ccc(C2=CC3=CC=CC(Br)C(Br)C3C2(C#N)C#N)cc1. The fraction of sp³-hybridized carbons (Fsp3) is 0.211. The molecule has 3 rings (SSSR count). The number of nitriles is 3. The van der Waals surface area contributed by atoms with Crippen molar-refractivity contribution in [3.63, 3.8) is 0 Å². The van der Waals surface area contributed by atoms with E-state index in [0.717, 1.165) is 11.1 Å². The summed E-state index contributed by atoms with van der Waals surface area (Å²) in [4.78, 5) is -0.0695. The Labute approximate surface area is 157 Å². The van der Waals surface area contributed by atoms with Crippen LogP contribution in [0.15, 0.2) is 54.1 Å². The van der Waals surface area contributed by atoms with Crippen LogP contribution in [0.3, 0.4) is 0 Å². The van der Waals surface area contributed by atoms with Gasteiger partial charge in [0.1, 0.15) is 0 Å². The molecular formula is C19H11Br2N3. The normalized spacial score (nSPS) is 26.9. The highest BCUT2D eigenvalue weighted by molar-refractivity contribution is 9.12. The molecule has 0 saturated heterocycles. The molecule has 0 bridgehead atoms. The van der Waals surface area contributed by atoms with Gasteiger partial charge in [-0.25, -0.2) is 0 Å². The molecular weight excluding hydrogens is 430 g/mol. The van der Waals surface area contributed by atoms with E-state index in [0.29, 0.717) is 11.1 Å². The minimum atomic E-state index is -1.27. The Kier molecular flexibility index (Phi) is 4.46. The van der Waals surface area contributed by atoms with E-state index in [1.807, 2.05) is 24.3 Å². The van der Waals surface area contributed by atoms with Crippen molar-refractivity contribution in [1.82, 2.24) is 0 Å². The Morgan fingerprint density at radius 1 is 1.00 bits per heavy atom. The van der Waals surface area contributed by atoms with Gasteiger partial charge in [-0.2, -0.15) is 15.8 Å². The van der Waals surface area contributed by atoms with Crippen LogP contribution < -0.4 is 0 Å². The van der Waals surface area contributed by atoms with Gasteiger partial charge < -0.3 is 0 Å². The molecule has 0 amide bonds. The lowest BCUT2D eigenvalue weighted by Gasteiger charge is -2.30. The van der Waals surface area contributed by atoms with Crippen molar-refractivity contribution >= 4 is 37.4 Å². The first kappa shape index (κ1) is 16.7. The van der Waals surface area contributed by atoms with Crippen molar-refractivity contribution < 1.29 is 0 Å². The number of hydrogen-bond donors (Lipinski definition) is 0. The van der Waals surface area contributed by atoms with Gasteiger partial charge >= 0.3 is 0 Å². The molecule has 1 aromatic carbocycles. The second-order valence-corrected chi connectivity index (χ2v) is 7.81. The molecule has 0 spiro atoms. The average Bonchev–Trinajstić information content (AvgIpc) is 2.87. The van der Waals surface area contributed by atoms with Gasteiger partial charge in [0.2, 0.25) is 0 Å². The third-order valence-electron chi connectivity index (χ3n) is 4.45. The molecule has 3 nitrogen and oxygen atoms in total. The van der Waals surface area contributed by atoms with Gasteiger partial charge in [-0.3, -0.25) is 0 Å². The van der Waals surface area contributed by atoms with E-state index >= 15 is 0 Å². The third-order valence-corrected chi connectivity index (χ3v) is 7.13. The monoisotopic (exact) mass is 439 g/mol. The van der Waals surface area contributed by atoms with Gasteiger partial charge in [0.15, 0.2) is 5.41 Å². The molecule has 24 heavy (non-hydrogen) atoms. The maximum absolute atomic E-state index is 9.93. The predicted octanol–water partition coefficient (Wildman–Crippen LogP) is 4.63. The second-order valence-electron chi connectivity index (χ2n) is 5.70. The molecule has 5 heteroatoms. The molecule has 0 heterocycles. The van der Waals surface area contributed by atoms with Gasteiger partial charge in [-0.15, -0.1) is 0 Å². The summed E-state index contributed by atoms with van der Waals surface area (Å²) in [6.45, 7) is 0. The standard InChI is InChI=1S/C19H11Br2N3/c20-16-3-1-2-14-8-15(13-6-4-12(9-22)5-7-13)19(10-23,11-24)17(14)18(16)21/h1-8,16-18H. The van der Waals surface area contributed by atoms with Crippen molar-refractivity contribution in [3.8, 4) is 18.2 Å². The van der Waals surface area contributed by atoms with E-state index in [9.17, 15) is 10.5 Å². The number of hydrogen-bond acceptors (Lipinski definition) is 3. The largest absolute Gasteiger partial charge is 0.196 e. The number of alkyl halides is 2. The van der Waals surface area contributed by atoms with E-state index in [-0.39, 0.29) is 15.6 Å². The number of halogens is 2. The molecule has 0 radical (unpaired) electrons. The molecule has 0 aromatic heterocycles. The Balaban J connectivity index is 2.19. The van der Waals surface area contributed by atoms with Crippen LogP contribution in [0, 0.1) is 45.3 Å². The van der Waals surface area contributed by atoms with Crippen molar-refractivity contribution in [1.29, 1.82) is 15.8 Å². The number of nitrogens with zero attached hydrogens (tertiary/aromatic N) is 3. The summed E-state index contributed by atoms with van der Waals surface area (Å²) < 4.78 is 0. The molecule has 0 saturated carbocycles. The summed E-state index contributed by atoms with van der Waals surface area (Å²) >= 11 is 7.27. The van der Waals surface area contributed by atoms with Crippen LogP contribution in [0.2, 0.25) is 0 Å². The number of allylic oxidation sites excluding steroid dienone is 6. The highest BCUT2D eigenvalue weighted by Gasteiger charge is 2.53. The first-order valence-corrected chi connectivity index (χ1v) is 9.12. The molecule has 0 aliphatic heterocycles. The summed E-state index contributed by atoms with van der Waals surface area (Å²) in [5, 5.41) is 28.8. The average molecular weight is 441 g/mol. The molecule has 0 fully saturated rings. The zero-order valence-electron chi connectivity index (χ0n) is 12.4. The third kappa shape index (κ3) is 2.44. The highest BCUT2D eigenvalue weighted by atomic mass is 79.9. The van der Waals surface area contributed by atoms with E-state index < -0.39 is 5.41 Å². The van der Waals surface area contributed by atoms with Crippen molar-refractivity contribution in [2.45, 2.75) is 9.65 Å². The van der Waals surface area contributed by atoms with E-state index in [4.69, 9.17) is 5.26 Å². The van der Waals surface area contributed by atoms with Gasteiger partial charge in [-0.05, 0) is 28.8 Å². The first-order chi connectivity index (χ1) is 11.6. The van der Waals surface area contributed by atoms with Gasteiger partial charge in [0.05, 0.1) is 23.8 Å². The van der Waals surface area contributed by atoms with Gasteiger partial charge in [0.25, 0.3) is 0 Å². The lowest BCUT2D eigenvalue weighted by molar-refractivity contribution is 0.476. The van der Waals surface area contributed by atoms with Crippen molar-refractivity contribution in [2.24, 2.45) is 11.3 Å². The van der Waals surface area contributed by atoms with Crippen LogP contribution >= 0.6 is 31.9 Å². The maximum atomic E-state index is 9.93. The summed E-state index contributed by atoms with van der Waals surface area (Å²) in [6, 6.07) is 13.6. The molecule has 2 aliphatic rings. The molecule has 3 unspecified atom stereocenters. The molecule has 0 N–H and O–H groups in total. The molecule has 116 valence electrons. The smallest absolute Gasteiger partial charge is 0.177 e. The van der Waals surface area contributed by atoms with Crippen LogP contribution in [-0.2, 0) is 0 Å². The van der Waals surface area contributed by atoms with Crippen LogP contribution in [0.25, 0.3) is 5.57 Å². The lowest BCUT2D eigenvalue weighted by Crippen LogP contribution is -2.35. The molecule has 3 atom stereocenters. The minimum absolute atomic E-state index is 0.0195. The fourth-order valence-electron chi connectivity index (χ4n) is 3.24. The predicted molar refractivity (Wildman–Crippen MR) is 98.9 cm³/mol. The number of fused-ring (bicyclic) bond motifs is 1. The Hall–Kier alpha value is -2.13. The van der Waals surface area contributed by atoms with Crippen molar-refractivity contribution in [2.75, 3.05) is 0 Å². The van der Waals surface area contributed by atoms with Gasteiger partial charge in [-0.1, -0.05) is 68.3 Å². The first-order valence-electron chi connectivity index (χ1n) is 7.29. The number of benzene rings is 1. The fourth-order valence-corrected chi connectivity index (χ4v) is 4.60. The number of rotatable bonds is 1. The summed E-state index contributed by atoms with van der Waals surface area (Å²) in [6.07, 6.45) is 7.84. The summed E-state index contributed by atoms with van der Waals surface area (Å²) in [5.74, 6) is -0.280. The second kappa shape index (κ2) is 6.40. The molecule has 2 aliphatic carbocycles. The zero-order chi connectivity index (χ0) is 17.3. The Bertz CT molecular complexity index is 875. The van der Waals surface area contributed by atoms with E-state index in [2.05, 4.69) is 50.1 Å². The van der Waals surface area contributed by atoms with Gasteiger partial charge in [0, 0.05) is 15.6 Å². The van der Waals surface area contributed by atoms with E-state index in [1.165, 1.54) is 0 Å². The van der Waals surface area contributed by atoms with Crippen LogP contribution in [0.1, 0.15) is 11.1 Å². The van der Waals surface area contributed by atoms with Crippen LogP contribution in [0.4, 0.5) is 0 Å². The van der Waals surface area contributed by atoms with Crippen molar-refractivity contribution in [3.05, 3.63) is 65.3 Å². The van der Waals surface area contributed by atoms with Crippen LogP contribution in [0.5, 0.6) is 0 Å². The Morgan fingerprint density at radius 3 is 2.25 bits per heavy atom. The molecule has 1 aromatic rings. The maximum Gasteiger partial charge on any atom is 0.177 e. The summed E-state index contributed by atoms with van der Waals surface area (Å²) in [7, 11) is 0. The zero-order valence-corrected chi connectivity index (χ0v) is 15.6. The van der Waals surface area contributed by atoms with Crippen LogP contribution in [-0.4, -0.2) is 9.65 Å². The summed E-state index contributed by atoms with van der Waals surface area (Å²) in [5.41, 5.74) is 1.71. The highest BCUT2D eigenvalue weighted by Crippen LogP contribution is 2.55. The minimum Gasteiger partial charge on any atom is -0.196 e. The van der Waals surface area contributed by atoms with E-state index in [1.54, 1.807) is 24.3 Å².